The van der Waals surface area contributed by atoms with Crippen molar-refractivity contribution in [2.24, 2.45) is 5.92 Å². The first-order valence-electron chi connectivity index (χ1n) is 11.8. The molecule has 1 atom stereocenters. The van der Waals surface area contributed by atoms with Crippen LogP contribution < -0.4 is 0 Å². The van der Waals surface area contributed by atoms with E-state index in [2.05, 4.69) is 11.9 Å². The van der Waals surface area contributed by atoms with Crippen LogP contribution in [0.1, 0.15) is 68.9 Å². The van der Waals surface area contributed by atoms with Crippen LogP contribution in [-0.4, -0.2) is 57.9 Å². The molecule has 7 nitrogen and oxygen atoms in total. The summed E-state index contributed by atoms with van der Waals surface area (Å²) in [4.78, 5) is 30.7. The molecule has 1 aromatic heterocycles. The Morgan fingerprint density at radius 3 is 2.76 bits per heavy atom. The standard InChI is InChI=1S/C26H37N3O4/c1-4-5-17-28(26(31)33-21(2)3)18-11-7-10-12-22-15-16-27-24(19-22)25(30)29(32)20-23-13-8-6-9-14-23/h6,8-10,12-13,15-16,19,21,23,32H,4-5,7,11,14,17-18,20H2,1-3H3. The molecule has 1 aromatic rings. The van der Waals surface area contributed by atoms with Crippen molar-refractivity contribution >= 4 is 18.1 Å². The maximum atomic E-state index is 12.5. The van der Waals surface area contributed by atoms with Crippen LogP contribution >= 0.6 is 0 Å². The van der Waals surface area contributed by atoms with E-state index < -0.39 is 5.91 Å². The fraction of sp³-hybridized carbons (Fsp3) is 0.500. The Labute approximate surface area is 197 Å². The maximum absolute atomic E-state index is 12.5. The minimum atomic E-state index is -0.511. The fourth-order valence-electron chi connectivity index (χ4n) is 3.41. The molecule has 2 rings (SSSR count). The third-order valence-electron chi connectivity index (χ3n) is 5.20. The van der Waals surface area contributed by atoms with Gasteiger partial charge in [-0.1, -0.05) is 49.8 Å². The molecule has 0 aromatic carbocycles. The molecule has 0 bridgehead atoms. The second kappa shape index (κ2) is 14.3. The van der Waals surface area contributed by atoms with Gasteiger partial charge in [0.05, 0.1) is 12.6 Å². The molecular weight excluding hydrogens is 418 g/mol. The van der Waals surface area contributed by atoms with E-state index >= 15 is 0 Å². The number of hydrogen-bond donors (Lipinski definition) is 1. The summed E-state index contributed by atoms with van der Waals surface area (Å²) in [5.74, 6) is -0.412. The van der Waals surface area contributed by atoms with Gasteiger partial charge in [-0.05, 0) is 57.2 Å². The van der Waals surface area contributed by atoms with Crippen molar-refractivity contribution in [2.75, 3.05) is 19.6 Å². The van der Waals surface area contributed by atoms with Gasteiger partial charge in [-0.15, -0.1) is 0 Å². The summed E-state index contributed by atoms with van der Waals surface area (Å²) in [7, 11) is 0. The van der Waals surface area contributed by atoms with Crippen molar-refractivity contribution in [3.63, 3.8) is 0 Å². The van der Waals surface area contributed by atoms with Gasteiger partial charge in [-0.2, -0.15) is 0 Å². The predicted octanol–water partition coefficient (Wildman–Crippen LogP) is 5.49. The van der Waals surface area contributed by atoms with Gasteiger partial charge in [0.2, 0.25) is 0 Å². The average molecular weight is 456 g/mol. The van der Waals surface area contributed by atoms with Gasteiger partial charge in [0.1, 0.15) is 5.69 Å². The first-order valence-corrected chi connectivity index (χ1v) is 11.8. The molecular formula is C26H37N3O4. The van der Waals surface area contributed by atoms with E-state index in [9.17, 15) is 14.8 Å². The molecule has 1 unspecified atom stereocenters. The minimum absolute atomic E-state index is 0.0988. The number of rotatable bonds is 12. The van der Waals surface area contributed by atoms with E-state index in [1.54, 1.807) is 17.2 Å². The number of ether oxygens (including phenoxy) is 1. The van der Waals surface area contributed by atoms with Crippen molar-refractivity contribution < 1.29 is 19.5 Å². The minimum Gasteiger partial charge on any atom is -0.447 e. The summed E-state index contributed by atoms with van der Waals surface area (Å²) in [6.07, 6.45) is 17.4. The number of pyridine rings is 1. The molecule has 180 valence electrons. The highest BCUT2D eigenvalue weighted by molar-refractivity contribution is 5.92. The van der Waals surface area contributed by atoms with Crippen LogP contribution in [0.25, 0.3) is 6.08 Å². The van der Waals surface area contributed by atoms with Crippen LogP contribution in [0.5, 0.6) is 0 Å². The van der Waals surface area contributed by atoms with Gasteiger partial charge >= 0.3 is 6.09 Å². The summed E-state index contributed by atoms with van der Waals surface area (Å²) in [5.41, 5.74) is 1.04. The van der Waals surface area contributed by atoms with E-state index in [1.807, 2.05) is 56.4 Å². The largest absolute Gasteiger partial charge is 0.447 e. The Hall–Kier alpha value is -2.93. The van der Waals surface area contributed by atoms with Crippen LogP contribution in [-0.2, 0) is 4.74 Å². The number of allylic oxidation sites excluding steroid dienone is 4. The van der Waals surface area contributed by atoms with Crippen molar-refractivity contribution in [1.29, 1.82) is 0 Å². The number of amides is 2. The third-order valence-corrected chi connectivity index (χ3v) is 5.20. The van der Waals surface area contributed by atoms with Crippen LogP contribution in [0.3, 0.4) is 0 Å². The van der Waals surface area contributed by atoms with E-state index in [4.69, 9.17) is 4.74 Å². The Morgan fingerprint density at radius 1 is 1.27 bits per heavy atom. The molecule has 1 aliphatic carbocycles. The molecule has 7 heteroatoms. The van der Waals surface area contributed by atoms with E-state index in [1.165, 1.54) is 0 Å². The molecule has 2 amide bonds. The number of carbonyl (C=O) groups excluding carboxylic acids is 2. The molecule has 0 fully saturated rings. The van der Waals surface area contributed by atoms with Crippen molar-refractivity contribution in [3.05, 3.63) is 60.0 Å². The summed E-state index contributed by atoms with van der Waals surface area (Å²) in [6.45, 7) is 7.38. The van der Waals surface area contributed by atoms with E-state index in [0.717, 1.165) is 42.7 Å². The van der Waals surface area contributed by atoms with Crippen LogP contribution in [0.2, 0.25) is 0 Å². The molecule has 0 spiro atoms. The molecule has 1 aliphatic rings. The molecule has 0 radical (unpaired) electrons. The molecule has 1 heterocycles. The van der Waals surface area contributed by atoms with Gasteiger partial charge in [0, 0.05) is 25.2 Å². The van der Waals surface area contributed by atoms with Crippen LogP contribution in [0.15, 0.2) is 48.7 Å². The van der Waals surface area contributed by atoms with Crippen molar-refractivity contribution in [1.82, 2.24) is 14.9 Å². The number of hydrogen-bond acceptors (Lipinski definition) is 5. The number of carbonyl (C=O) groups is 2. The van der Waals surface area contributed by atoms with Crippen LogP contribution in [0.4, 0.5) is 4.79 Å². The first-order chi connectivity index (χ1) is 15.9. The summed E-state index contributed by atoms with van der Waals surface area (Å²) < 4.78 is 5.34. The summed E-state index contributed by atoms with van der Waals surface area (Å²) in [5, 5.41) is 10.9. The number of unbranched alkanes of at least 4 members (excludes halogenated alkanes) is 2. The van der Waals surface area contributed by atoms with E-state index in [-0.39, 0.29) is 30.4 Å². The Balaban J connectivity index is 1.85. The highest BCUT2D eigenvalue weighted by Gasteiger charge is 2.19. The van der Waals surface area contributed by atoms with Crippen molar-refractivity contribution in [2.45, 2.75) is 59.0 Å². The predicted molar refractivity (Wildman–Crippen MR) is 130 cm³/mol. The Morgan fingerprint density at radius 2 is 2.06 bits per heavy atom. The molecule has 1 N–H and O–H groups in total. The van der Waals surface area contributed by atoms with Gasteiger partial charge in [0.15, 0.2) is 0 Å². The smallest absolute Gasteiger partial charge is 0.410 e. The molecule has 0 saturated carbocycles. The topological polar surface area (TPSA) is 83.0 Å². The molecule has 0 saturated heterocycles. The zero-order valence-corrected chi connectivity index (χ0v) is 20.0. The van der Waals surface area contributed by atoms with E-state index in [0.29, 0.717) is 13.1 Å². The SMILES string of the molecule is CCCCN(CCCC=Cc1ccnc(C(=O)N(O)CC2C=CC=CC2)c1)C(=O)OC(C)C. The van der Waals surface area contributed by atoms with Crippen molar-refractivity contribution in [3.8, 4) is 0 Å². The quantitative estimate of drug-likeness (QED) is 0.256. The first kappa shape index (κ1) is 26.3. The number of hydroxylamine groups is 2. The average Bonchev–Trinajstić information content (AvgIpc) is 2.80. The maximum Gasteiger partial charge on any atom is 0.410 e. The monoisotopic (exact) mass is 455 g/mol. The van der Waals surface area contributed by atoms with Gasteiger partial charge in [-0.25, -0.2) is 9.86 Å². The zero-order chi connectivity index (χ0) is 24.1. The normalized spacial score (nSPS) is 15.2. The third kappa shape index (κ3) is 9.61. The van der Waals surface area contributed by atoms with Crippen LogP contribution in [0, 0.1) is 5.92 Å². The lowest BCUT2D eigenvalue weighted by Gasteiger charge is -2.23. The second-order valence-electron chi connectivity index (χ2n) is 8.49. The lowest BCUT2D eigenvalue weighted by atomic mass is 10.0. The van der Waals surface area contributed by atoms with Gasteiger partial charge < -0.3 is 9.64 Å². The van der Waals surface area contributed by atoms with Gasteiger partial charge in [-0.3, -0.25) is 15.0 Å². The van der Waals surface area contributed by atoms with Gasteiger partial charge in [0.25, 0.3) is 5.91 Å². The second-order valence-corrected chi connectivity index (χ2v) is 8.49. The fourth-order valence-corrected chi connectivity index (χ4v) is 3.41. The summed E-state index contributed by atoms with van der Waals surface area (Å²) >= 11 is 0. The molecule has 0 aliphatic heterocycles. The summed E-state index contributed by atoms with van der Waals surface area (Å²) in [6, 6.07) is 3.49. The highest BCUT2D eigenvalue weighted by atomic mass is 16.6. The molecule has 33 heavy (non-hydrogen) atoms. The lowest BCUT2D eigenvalue weighted by Crippen LogP contribution is -2.34. The highest BCUT2D eigenvalue weighted by Crippen LogP contribution is 2.14. The Kier molecular flexibility index (Phi) is 11.4. The lowest BCUT2D eigenvalue weighted by molar-refractivity contribution is -0.0643. The zero-order valence-electron chi connectivity index (χ0n) is 20.0. The Bertz CT molecular complexity index is 848. The number of nitrogens with zero attached hydrogens (tertiary/aromatic N) is 3. The number of aromatic nitrogens is 1.